The van der Waals surface area contributed by atoms with Gasteiger partial charge in [-0.25, -0.2) is 0 Å². The normalized spacial score (nSPS) is 10.0. The van der Waals surface area contributed by atoms with Gasteiger partial charge in [-0.15, -0.1) is 0 Å². The monoisotopic (exact) mass is 248 g/mol. The van der Waals surface area contributed by atoms with Crippen LogP contribution in [0.25, 0.3) is 0 Å². The molecule has 0 spiro atoms. The van der Waals surface area contributed by atoms with Gasteiger partial charge in [0.05, 0.1) is 4.92 Å². The van der Waals surface area contributed by atoms with Crippen molar-refractivity contribution in [1.29, 1.82) is 0 Å². The highest BCUT2D eigenvalue weighted by Gasteiger charge is 2.09. The summed E-state index contributed by atoms with van der Waals surface area (Å²) in [5.74, 6) is -0.512. The number of nitro benzene ring substituents is 1. The lowest BCUT2D eigenvalue weighted by Crippen LogP contribution is -2.12. The van der Waals surface area contributed by atoms with Crippen molar-refractivity contribution in [2.75, 3.05) is 5.32 Å². The van der Waals surface area contributed by atoms with Gasteiger partial charge in [0, 0.05) is 23.9 Å². The lowest BCUT2D eigenvalue weighted by Gasteiger charge is -2.02. The van der Waals surface area contributed by atoms with Gasteiger partial charge in [0.25, 0.3) is 17.2 Å². The number of anilines is 1. The maximum Gasteiger partial charge on any atom is 0.273 e. The minimum atomic E-state index is -0.532. The first-order valence-corrected chi connectivity index (χ1v) is 4.90. The van der Waals surface area contributed by atoms with Gasteiger partial charge in [0.2, 0.25) is 0 Å². The van der Waals surface area contributed by atoms with Gasteiger partial charge in [-0.3, -0.25) is 29.9 Å². The quantitative estimate of drug-likeness (QED) is 0.551. The van der Waals surface area contributed by atoms with Crippen molar-refractivity contribution in [1.82, 2.24) is 10.2 Å². The number of carbonyl (C=O) groups excluding carboxylic acids is 1. The molecule has 0 aliphatic heterocycles. The summed E-state index contributed by atoms with van der Waals surface area (Å²) in [6.45, 7) is 0. The van der Waals surface area contributed by atoms with Crippen LogP contribution in [0.5, 0.6) is 0 Å². The second-order valence-electron chi connectivity index (χ2n) is 3.43. The average Bonchev–Trinajstić information content (AvgIpc) is 2.76. The Balaban J connectivity index is 2.12. The van der Waals surface area contributed by atoms with Crippen molar-refractivity contribution in [2.24, 2.45) is 0 Å². The largest absolute Gasteiger partial charge is 0.321 e. The molecule has 0 radical (unpaired) electrons. The number of nitrogens with zero attached hydrogens (tertiary/aromatic N) is 1. The molecule has 2 rings (SSSR count). The number of non-ortho nitro benzene ring substituents is 1. The molecule has 0 saturated carbocycles. The summed E-state index contributed by atoms with van der Waals surface area (Å²) in [6, 6.07) is 6.47. The van der Waals surface area contributed by atoms with Crippen LogP contribution in [-0.2, 0) is 0 Å². The molecule has 8 nitrogen and oxygen atoms in total. The maximum atomic E-state index is 11.6. The molecule has 1 aromatic carbocycles. The second kappa shape index (κ2) is 4.53. The van der Waals surface area contributed by atoms with Gasteiger partial charge < -0.3 is 5.32 Å². The predicted molar refractivity (Wildman–Crippen MR) is 62.5 cm³/mol. The Morgan fingerprint density at radius 3 is 2.39 bits per heavy atom. The highest BCUT2D eigenvalue weighted by molar-refractivity contribution is 6.02. The van der Waals surface area contributed by atoms with Gasteiger partial charge in [0.15, 0.2) is 0 Å². The van der Waals surface area contributed by atoms with Gasteiger partial charge in [-0.05, 0) is 12.1 Å². The number of amides is 1. The zero-order chi connectivity index (χ0) is 13.1. The number of aromatic amines is 2. The van der Waals surface area contributed by atoms with Crippen LogP contribution in [0.1, 0.15) is 10.5 Å². The molecule has 3 N–H and O–H groups in total. The minimum absolute atomic E-state index is 0.0666. The van der Waals surface area contributed by atoms with E-state index in [1.807, 2.05) is 0 Å². The average molecular weight is 248 g/mol. The lowest BCUT2D eigenvalue weighted by molar-refractivity contribution is -0.384. The minimum Gasteiger partial charge on any atom is -0.321 e. The van der Waals surface area contributed by atoms with Crippen LogP contribution in [0.2, 0.25) is 0 Å². The van der Waals surface area contributed by atoms with E-state index in [1.54, 1.807) is 0 Å². The Hall–Kier alpha value is -2.90. The van der Waals surface area contributed by atoms with Crippen molar-refractivity contribution >= 4 is 17.3 Å². The van der Waals surface area contributed by atoms with Crippen LogP contribution in [-0.4, -0.2) is 21.0 Å². The number of nitro groups is 1. The Morgan fingerprint density at radius 1 is 1.22 bits per heavy atom. The van der Waals surface area contributed by atoms with Crippen molar-refractivity contribution in [3.63, 3.8) is 0 Å². The summed E-state index contributed by atoms with van der Waals surface area (Å²) in [5.41, 5.74) is -0.00194. The SMILES string of the molecule is O=C(Nc1ccc([N+](=O)[O-])cc1)c1cc(=O)[nH][nH]1. The molecule has 0 unspecified atom stereocenters. The van der Waals surface area contributed by atoms with Gasteiger partial charge in [0.1, 0.15) is 5.69 Å². The Bertz CT molecular complexity index is 640. The number of H-pyrrole nitrogens is 2. The molecule has 0 bridgehead atoms. The smallest absolute Gasteiger partial charge is 0.273 e. The lowest BCUT2D eigenvalue weighted by atomic mass is 10.3. The molecule has 1 amide bonds. The van der Waals surface area contributed by atoms with Crippen molar-refractivity contribution in [3.8, 4) is 0 Å². The summed E-state index contributed by atoms with van der Waals surface area (Å²) in [7, 11) is 0. The molecule has 2 aromatic rings. The topological polar surface area (TPSA) is 121 Å². The molecular weight excluding hydrogens is 240 g/mol. The second-order valence-corrected chi connectivity index (χ2v) is 3.43. The van der Waals surface area contributed by atoms with Crippen LogP contribution in [0.3, 0.4) is 0 Å². The molecule has 1 heterocycles. The summed E-state index contributed by atoms with van der Waals surface area (Å²) >= 11 is 0. The van der Waals surface area contributed by atoms with Crippen LogP contribution in [0.15, 0.2) is 35.1 Å². The van der Waals surface area contributed by atoms with E-state index in [0.717, 1.165) is 6.07 Å². The fourth-order valence-corrected chi connectivity index (χ4v) is 1.32. The fourth-order valence-electron chi connectivity index (χ4n) is 1.32. The third-order valence-corrected chi connectivity index (χ3v) is 2.18. The highest BCUT2D eigenvalue weighted by Crippen LogP contribution is 2.15. The first-order valence-electron chi connectivity index (χ1n) is 4.90. The Kier molecular flexibility index (Phi) is 2.92. The number of nitrogens with one attached hydrogen (secondary N) is 3. The number of hydrogen-bond donors (Lipinski definition) is 3. The van der Waals surface area contributed by atoms with Crippen LogP contribution < -0.4 is 10.9 Å². The van der Waals surface area contributed by atoms with Crippen molar-refractivity contribution < 1.29 is 9.72 Å². The van der Waals surface area contributed by atoms with Crippen molar-refractivity contribution in [3.05, 3.63) is 56.5 Å². The van der Waals surface area contributed by atoms with E-state index in [1.165, 1.54) is 24.3 Å². The zero-order valence-electron chi connectivity index (χ0n) is 8.97. The third kappa shape index (κ3) is 2.43. The number of rotatable bonds is 3. The van der Waals surface area contributed by atoms with E-state index in [-0.39, 0.29) is 11.4 Å². The Morgan fingerprint density at radius 2 is 1.89 bits per heavy atom. The van der Waals surface area contributed by atoms with Crippen molar-refractivity contribution in [2.45, 2.75) is 0 Å². The predicted octanol–water partition coefficient (Wildman–Crippen LogP) is 0.863. The molecule has 8 heteroatoms. The van der Waals surface area contributed by atoms with E-state index in [4.69, 9.17) is 0 Å². The molecule has 1 aromatic heterocycles. The molecule has 0 saturated heterocycles. The van der Waals surface area contributed by atoms with Gasteiger partial charge in [-0.2, -0.15) is 0 Å². The first-order chi connectivity index (χ1) is 8.56. The molecular formula is C10H8N4O4. The summed E-state index contributed by atoms with van der Waals surface area (Å²) in [5, 5.41) is 17.5. The van der Waals surface area contributed by atoms with E-state index >= 15 is 0 Å². The fraction of sp³-hybridized carbons (Fsp3) is 0. The maximum absolute atomic E-state index is 11.6. The summed E-state index contributed by atoms with van der Waals surface area (Å²) in [4.78, 5) is 32.3. The molecule has 0 atom stereocenters. The van der Waals surface area contributed by atoms with E-state index in [0.29, 0.717) is 5.69 Å². The molecule has 18 heavy (non-hydrogen) atoms. The molecule has 0 fully saturated rings. The Labute approximate surface area is 99.8 Å². The molecule has 0 aliphatic carbocycles. The van der Waals surface area contributed by atoms with E-state index < -0.39 is 16.4 Å². The molecule has 0 aliphatic rings. The summed E-state index contributed by atoms with van der Waals surface area (Å²) in [6.07, 6.45) is 0. The standard InChI is InChI=1S/C10H8N4O4/c15-9-5-8(12-13-9)10(16)11-6-1-3-7(4-2-6)14(17)18/h1-5H,(H,11,16)(H2,12,13,15). The molecule has 92 valence electrons. The van der Waals surface area contributed by atoms with Gasteiger partial charge >= 0.3 is 0 Å². The number of benzene rings is 1. The van der Waals surface area contributed by atoms with Crippen LogP contribution >= 0.6 is 0 Å². The first kappa shape index (κ1) is 11.6. The van der Waals surface area contributed by atoms with Crippen LogP contribution in [0.4, 0.5) is 11.4 Å². The number of aromatic nitrogens is 2. The highest BCUT2D eigenvalue weighted by atomic mass is 16.6. The van der Waals surface area contributed by atoms with E-state index in [9.17, 15) is 19.7 Å². The van der Waals surface area contributed by atoms with Crippen LogP contribution in [0, 0.1) is 10.1 Å². The number of carbonyl (C=O) groups is 1. The summed E-state index contributed by atoms with van der Waals surface area (Å²) < 4.78 is 0. The van der Waals surface area contributed by atoms with Gasteiger partial charge in [-0.1, -0.05) is 0 Å². The number of hydrogen-bond acceptors (Lipinski definition) is 4. The third-order valence-electron chi connectivity index (χ3n) is 2.18. The zero-order valence-corrected chi connectivity index (χ0v) is 8.97. The van der Waals surface area contributed by atoms with E-state index in [2.05, 4.69) is 15.5 Å².